The molecule has 1 aromatic heterocycles. The van der Waals surface area contributed by atoms with Crippen LogP contribution in [0.3, 0.4) is 0 Å². The van der Waals surface area contributed by atoms with E-state index in [9.17, 15) is 9.59 Å². The number of hydrogen-bond donors (Lipinski definition) is 0. The molecule has 0 aliphatic heterocycles. The van der Waals surface area contributed by atoms with Crippen LogP contribution in [-0.2, 0) is 11.3 Å². The van der Waals surface area contributed by atoms with Gasteiger partial charge in [0.25, 0.3) is 5.56 Å². The fourth-order valence-electron chi connectivity index (χ4n) is 3.03. The number of rotatable bonds is 9. The number of ether oxygens (including phenoxy) is 2. The molecule has 3 rings (SSSR count). The molecule has 0 aliphatic rings. The average Bonchev–Trinajstić information content (AvgIpc) is 2.76. The van der Waals surface area contributed by atoms with Crippen LogP contribution in [0.2, 0.25) is 5.02 Å². The summed E-state index contributed by atoms with van der Waals surface area (Å²) in [5.74, 6) is 0.664. The van der Waals surface area contributed by atoms with Crippen molar-refractivity contribution in [3.8, 4) is 5.75 Å². The molecule has 6 nitrogen and oxygen atoms in total. The zero-order valence-corrected chi connectivity index (χ0v) is 18.6. The van der Waals surface area contributed by atoms with E-state index in [1.807, 2.05) is 6.92 Å². The number of fused-ring (bicyclic) bond motifs is 1. The number of nitrogens with zero attached hydrogens (tertiary/aromatic N) is 2. The first-order valence-corrected chi connectivity index (χ1v) is 10.8. The summed E-state index contributed by atoms with van der Waals surface area (Å²) in [6, 6.07) is 12.0. The summed E-state index contributed by atoms with van der Waals surface area (Å²) in [4.78, 5) is 30.8. The van der Waals surface area contributed by atoms with Gasteiger partial charge in [0, 0.05) is 17.7 Å². The molecular weight excluding hydrogens is 424 g/mol. The summed E-state index contributed by atoms with van der Waals surface area (Å²) >= 11 is 7.38. The molecule has 0 aliphatic carbocycles. The highest BCUT2D eigenvalue weighted by molar-refractivity contribution is 8.00. The van der Waals surface area contributed by atoms with Crippen LogP contribution in [0.1, 0.15) is 23.7 Å². The molecule has 1 unspecified atom stereocenters. The van der Waals surface area contributed by atoms with Gasteiger partial charge in [0.1, 0.15) is 5.75 Å². The molecule has 0 N–H and O–H groups in total. The van der Waals surface area contributed by atoms with Crippen LogP contribution in [-0.4, -0.2) is 41.4 Å². The summed E-state index contributed by atoms with van der Waals surface area (Å²) < 4.78 is 11.9. The van der Waals surface area contributed by atoms with Crippen molar-refractivity contribution in [3.05, 3.63) is 63.4 Å². The highest BCUT2D eigenvalue weighted by atomic mass is 35.5. The number of carbonyl (C=O) groups excluding carboxylic acids is 1. The van der Waals surface area contributed by atoms with Gasteiger partial charge >= 0.3 is 0 Å². The molecule has 3 aromatic rings. The second-order valence-electron chi connectivity index (χ2n) is 6.61. The fourth-order valence-corrected chi connectivity index (χ4v) is 4.32. The van der Waals surface area contributed by atoms with Crippen LogP contribution < -0.4 is 10.3 Å². The van der Waals surface area contributed by atoms with Crippen LogP contribution in [0.25, 0.3) is 10.9 Å². The third-order valence-corrected chi connectivity index (χ3v) is 6.28. The molecule has 0 spiro atoms. The van der Waals surface area contributed by atoms with E-state index in [-0.39, 0.29) is 11.3 Å². The number of aromatic nitrogens is 2. The van der Waals surface area contributed by atoms with Crippen LogP contribution >= 0.6 is 23.4 Å². The molecule has 2 aromatic carbocycles. The monoisotopic (exact) mass is 446 g/mol. The zero-order valence-electron chi connectivity index (χ0n) is 17.1. The number of ketones is 1. The van der Waals surface area contributed by atoms with E-state index in [1.165, 1.54) is 11.8 Å². The predicted octanol–water partition coefficient (Wildman–Crippen LogP) is 4.46. The summed E-state index contributed by atoms with van der Waals surface area (Å²) in [6.45, 7) is 2.64. The number of thioether (sulfide) groups is 1. The number of carbonyl (C=O) groups is 1. The predicted molar refractivity (Wildman–Crippen MR) is 120 cm³/mol. The molecule has 0 amide bonds. The highest BCUT2D eigenvalue weighted by Gasteiger charge is 2.23. The minimum atomic E-state index is -0.393. The van der Waals surface area contributed by atoms with E-state index < -0.39 is 5.25 Å². The Morgan fingerprint density at radius 3 is 2.57 bits per heavy atom. The highest BCUT2D eigenvalue weighted by Crippen LogP contribution is 2.28. The molecule has 0 radical (unpaired) electrons. The lowest BCUT2D eigenvalue weighted by molar-refractivity contribution is 0.0988. The molecule has 1 atom stereocenters. The molecular formula is C22H23ClN2O4S. The van der Waals surface area contributed by atoms with Crippen LogP contribution in [0, 0.1) is 0 Å². The van der Waals surface area contributed by atoms with E-state index >= 15 is 0 Å². The van der Waals surface area contributed by atoms with Crippen LogP contribution in [0.4, 0.5) is 0 Å². The van der Waals surface area contributed by atoms with E-state index in [2.05, 4.69) is 4.98 Å². The summed E-state index contributed by atoms with van der Waals surface area (Å²) in [5.41, 5.74) is 0.920. The van der Waals surface area contributed by atoms with E-state index in [0.717, 1.165) is 0 Å². The molecule has 30 heavy (non-hydrogen) atoms. The zero-order chi connectivity index (χ0) is 21.7. The van der Waals surface area contributed by atoms with Gasteiger partial charge in [0.2, 0.25) is 0 Å². The van der Waals surface area contributed by atoms with Gasteiger partial charge in [-0.1, -0.05) is 30.3 Å². The maximum Gasteiger partial charge on any atom is 0.262 e. The van der Waals surface area contributed by atoms with Crippen molar-refractivity contribution in [2.24, 2.45) is 0 Å². The van der Waals surface area contributed by atoms with Crippen molar-refractivity contribution in [2.75, 3.05) is 20.8 Å². The lowest BCUT2D eigenvalue weighted by atomic mass is 10.1. The molecule has 1 heterocycles. The quantitative estimate of drug-likeness (QED) is 0.274. The second-order valence-corrected chi connectivity index (χ2v) is 8.22. The van der Waals surface area contributed by atoms with Crippen molar-refractivity contribution in [2.45, 2.75) is 30.3 Å². The maximum absolute atomic E-state index is 13.1. The van der Waals surface area contributed by atoms with E-state index in [0.29, 0.717) is 52.0 Å². The summed E-state index contributed by atoms with van der Waals surface area (Å²) in [5, 5.41) is 1.06. The van der Waals surface area contributed by atoms with Gasteiger partial charge in [-0.2, -0.15) is 0 Å². The summed E-state index contributed by atoms with van der Waals surface area (Å²) in [7, 11) is 3.16. The minimum absolute atomic E-state index is 0.0242. The molecule has 8 heteroatoms. The van der Waals surface area contributed by atoms with E-state index in [4.69, 9.17) is 21.1 Å². The molecule has 0 bridgehead atoms. The number of benzene rings is 2. The van der Waals surface area contributed by atoms with E-state index in [1.54, 1.807) is 61.3 Å². The van der Waals surface area contributed by atoms with Gasteiger partial charge in [0.15, 0.2) is 10.9 Å². The summed E-state index contributed by atoms with van der Waals surface area (Å²) in [6.07, 6.45) is 0.587. The van der Waals surface area contributed by atoms with Gasteiger partial charge in [0.05, 0.1) is 36.4 Å². The standard InChI is InChI=1S/C22H23ClN2O4S/c1-4-19(20(26)14-5-8-16(29-3)9-6-14)30-22-24-18-13-15(23)7-10-17(18)21(27)25(22)11-12-28-2/h5-10,13,19H,4,11-12H2,1-3H3. The first kappa shape index (κ1) is 22.3. The number of methoxy groups -OCH3 is 2. The van der Waals surface area contributed by atoms with Crippen molar-refractivity contribution >= 4 is 40.0 Å². The van der Waals surface area contributed by atoms with Crippen LogP contribution in [0.15, 0.2) is 52.4 Å². The molecule has 0 fully saturated rings. The Labute approximate surface area is 184 Å². The Hall–Kier alpha value is -2.35. The normalized spacial score (nSPS) is 12.1. The second kappa shape index (κ2) is 10.1. The Balaban J connectivity index is 2.00. The van der Waals surface area contributed by atoms with Crippen LogP contribution in [0.5, 0.6) is 5.75 Å². The average molecular weight is 447 g/mol. The lowest BCUT2D eigenvalue weighted by Gasteiger charge is -2.17. The lowest BCUT2D eigenvalue weighted by Crippen LogP contribution is -2.27. The molecule has 0 saturated carbocycles. The Morgan fingerprint density at radius 2 is 1.93 bits per heavy atom. The minimum Gasteiger partial charge on any atom is -0.497 e. The fraction of sp³-hybridized carbons (Fsp3) is 0.318. The van der Waals surface area contributed by atoms with Gasteiger partial charge in [-0.05, 0) is 48.9 Å². The first-order chi connectivity index (χ1) is 14.5. The number of Topliss-reactive ketones (excluding diaryl/α,β-unsaturated/α-hetero) is 1. The van der Waals surface area contributed by atoms with Gasteiger partial charge in [-0.3, -0.25) is 14.2 Å². The third-order valence-electron chi connectivity index (χ3n) is 4.69. The Kier molecular flexibility index (Phi) is 7.53. The topological polar surface area (TPSA) is 70.4 Å². The smallest absolute Gasteiger partial charge is 0.262 e. The van der Waals surface area contributed by atoms with Crippen molar-refractivity contribution in [1.29, 1.82) is 0 Å². The van der Waals surface area contributed by atoms with Crippen molar-refractivity contribution in [1.82, 2.24) is 9.55 Å². The Bertz CT molecular complexity index is 1100. The maximum atomic E-state index is 13.1. The van der Waals surface area contributed by atoms with Gasteiger partial charge in [-0.15, -0.1) is 0 Å². The Morgan fingerprint density at radius 1 is 1.20 bits per heavy atom. The molecule has 0 saturated heterocycles. The largest absolute Gasteiger partial charge is 0.497 e. The van der Waals surface area contributed by atoms with Gasteiger partial charge in [-0.25, -0.2) is 4.98 Å². The van der Waals surface area contributed by atoms with Gasteiger partial charge < -0.3 is 9.47 Å². The number of halogens is 1. The molecule has 158 valence electrons. The number of hydrogen-bond acceptors (Lipinski definition) is 6. The third kappa shape index (κ3) is 4.86. The first-order valence-electron chi connectivity index (χ1n) is 9.52. The SMILES string of the molecule is CCC(Sc1nc2cc(Cl)ccc2c(=O)n1CCOC)C(=O)c1ccc(OC)cc1. The van der Waals surface area contributed by atoms with Crippen molar-refractivity contribution < 1.29 is 14.3 Å². The van der Waals surface area contributed by atoms with Crippen molar-refractivity contribution in [3.63, 3.8) is 0 Å².